The van der Waals surface area contributed by atoms with Crippen LogP contribution in [-0.4, -0.2) is 39.8 Å². The molecule has 0 spiro atoms. The molecule has 2 N–H and O–H groups in total. The number of phosphoric ester groups is 1. The van der Waals surface area contributed by atoms with Gasteiger partial charge in [0.15, 0.2) is 0 Å². The van der Waals surface area contributed by atoms with Gasteiger partial charge in [0, 0.05) is 23.1 Å². The third-order valence-corrected chi connectivity index (χ3v) is 6.71. The second-order valence-corrected chi connectivity index (χ2v) is 9.60. The highest BCUT2D eigenvalue weighted by molar-refractivity contribution is 7.47. The lowest BCUT2D eigenvalue weighted by Gasteiger charge is -2.18. The fraction of sp³-hybridized carbons (Fsp3) is 0.364. The first-order valence-corrected chi connectivity index (χ1v) is 12.4. The molecule has 4 rings (SSSR count). The Hall–Kier alpha value is -3.24. The Kier molecular flexibility index (Phi) is 7.51. The van der Waals surface area contributed by atoms with Gasteiger partial charge in [-0.3, -0.25) is 23.4 Å². The molecule has 1 unspecified atom stereocenters. The van der Waals surface area contributed by atoms with Gasteiger partial charge in [-0.15, -0.1) is 0 Å². The maximum Gasteiger partial charge on any atom is 0.472 e. The fourth-order valence-electron chi connectivity index (χ4n) is 3.90. The molecule has 2 heterocycles. The summed E-state index contributed by atoms with van der Waals surface area (Å²) in [6.07, 6.45) is 0.0989. The van der Waals surface area contributed by atoms with Gasteiger partial charge in [-0.25, -0.2) is 9.36 Å². The number of fused-ring (bicyclic) bond motifs is 1. The number of hydrogen-bond acceptors (Lipinski definition) is 7. The fourth-order valence-corrected chi connectivity index (χ4v) is 4.63. The Labute approximate surface area is 199 Å². The molecule has 1 aliphatic rings. The van der Waals surface area contributed by atoms with Crippen LogP contribution >= 0.6 is 7.82 Å². The average molecular weight is 501 g/mol. The van der Waals surface area contributed by atoms with Crippen molar-refractivity contribution in [3.8, 4) is 0 Å². The number of H-pyrrole nitrogens is 1. The summed E-state index contributed by atoms with van der Waals surface area (Å²) < 4.78 is 29.5. The lowest BCUT2D eigenvalue weighted by Crippen LogP contribution is -2.33. The second kappa shape index (κ2) is 10.6. The lowest BCUT2D eigenvalue weighted by molar-refractivity contribution is -0.0283. The minimum absolute atomic E-state index is 0.0495. The predicted molar refractivity (Wildman–Crippen MR) is 127 cm³/mol. The van der Waals surface area contributed by atoms with Gasteiger partial charge in [0.25, 0.3) is 5.56 Å². The molecule has 0 amide bonds. The van der Waals surface area contributed by atoms with Gasteiger partial charge in [0.2, 0.25) is 0 Å². The van der Waals surface area contributed by atoms with E-state index in [2.05, 4.69) is 15.0 Å². The highest BCUT2D eigenvalue weighted by atomic mass is 31.2. The molecule has 1 aromatic heterocycles. The monoisotopic (exact) mass is 501 g/mol. The molecule has 1 saturated heterocycles. The van der Waals surface area contributed by atoms with Gasteiger partial charge >= 0.3 is 13.5 Å². The quantitative estimate of drug-likeness (QED) is 0.196. The third kappa shape index (κ3) is 6.07. The van der Waals surface area contributed by atoms with E-state index in [9.17, 15) is 19.0 Å². The number of hydrogen-bond donors (Lipinski definition) is 2. The Morgan fingerprint density at radius 3 is 2.80 bits per heavy atom. The smallest absolute Gasteiger partial charge is 0.352 e. The minimum Gasteiger partial charge on any atom is -0.352 e. The van der Waals surface area contributed by atoms with Crippen LogP contribution in [-0.2, 0) is 24.8 Å². The summed E-state index contributed by atoms with van der Waals surface area (Å²) in [7, 11) is -4.42. The molecule has 0 radical (unpaired) electrons. The largest absolute Gasteiger partial charge is 0.472 e. The first-order chi connectivity index (χ1) is 16.8. The molecule has 0 aliphatic carbocycles. The van der Waals surface area contributed by atoms with Crippen molar-refractivity contribution in [1.29, 1.82) is 0 Å². The maximum absolute atomic E-state index is 12.4. The number of aromatic amines is 1. The van der Waals surface area contributed by atoms with Crippen LogP contribution in [0.4, 0.5) is 0 Å². The molecular weight excluding hydrogens is 477 g/mol. The number of benzene rings is 2. The van der Waals surface area contributed by atoms with Crippen LogP contribution in [0, 0.1) is 6.92 Å². The molecule has 12 nitrogen and oxygen atoms in total. The van der Waals surface area contributed by atoms with Gasteiger partial charge in [-0.1, -0.05) is 47.6 Å². The molecule has 1 fully saturated rings. The summed E-state index contributed by atoms with van der Waals surface area (Å²) in [5, 5.41) is 5.81. The maximum atomic E-state index is 12.4. The van der Waals surface area contributed by atoms with E-state index in [0.29, 0.717) is 12.0 Å². The van der Waals surface area contributed by atoms with Gasteiger partial charge in [-0.2, -0.15) is 0 Å². The van der Waals surface area contributed by atoms with E-state index in [1.54, 1.807) is 0 Å². The molecule has 13 heteroatoms. The summed E-state index contributed by atoms with van der Waals surface area (Å²) in [5.74, 6) is 0. The highest BCUT2D eigenvalue weighted by Gasteiger charge is 2.38. The van der Waals surface area contributed by atoms with E-state index in [1.807, 2.05) is 42.5 Å². The Morgan fingerprint density at radius 2 is 2.03 bits per heavy atom. The van der Waals surface area contributed by atoms with Gasteiger partial charge in [-0.05, 0) is 35.2 Å². The van der Waals surface area contributed by atoms with Gasteiger partial charge in [0.05, 0.1) is 25.4 Å². The number of aryl methyl sites for hydroxylation is 1. The van der Waals surface area contributed by atoms with E-state index in [-0.39, 0.29) is 13.0 Å². The molecule has 4 atom stereocenters. The predicted octanol–water partition coefficient (Wildman–Crippen LogP) is 3.34. The zero-order valence-electron chi connectivity index (χ0n) is 18.8. The number of ether oxygens (including phenoxy) is 1. The van der Waals surface area contributed by atoms with Crippen molar-refractivity contribution in [2.75, 3.05) is 13.2 Å². The summed E-state index contributed by atoms with van der Waals surface area (Å²) in [6.45, 7) is 1.08. The van der Waals surface area contributed by atoms with Crippen LogP contribution in [0.2, 0.25) is 0 Å². The Morgan fingerprint density at radius 1 is 1.26 bits per heavy atom. The zero-order valence-corrected chi connectivity index (χ0v) is 19.7. The molecule has 184 valence electrons. The molecule has 0 saturated carbocycles. The van der Waals surface area contributed by atoms with E-state index < -0.39 is 44.1 Å². The normalized spacial score (nSPS) is 21.5. The van der Waals surface area contributed by atoms with Crippen LogP contribution in [0.25, 0.3) is 21.2 Å². The van der Waals surface area contributed by atoms with Crippen molar-refractivity contribution >= 4 is 18.6 Å². The van der Waals surface area contributed by atoms with Crippen molar-refractivity contribution in [1.82, 2.24) is 9.55 Å². The standard InChI is InChI=1S/C22H24N5O7P/c1-14-12-27(22(29)24-21(14)28)20-11-18(25-26-23)19(34-20)13-33-35(30,31)32-9-8-15-6-7-16-4-2-3-5-17(16)10-15/h2-7,10,12,18-20H,8-9,11,13H2,1H3,(H,30,31)(H,24,28,29)/t18-,19+,20+/m0/s1. The Bertz CT molecular complexity index is 1430. The first kappa shape index (κ1) is 24.9. The first-order valence-electron chi connectivity index (χ1n) is 10.9. The van der Waals surface area contributed by atoms with Crippen LogP contribution in [0.5, 0.6) is 0 Å². The Balaban J connectivity index is 1.35. The van der Waals surface area contributed by atoms with Crippen molar-refractivity contribution in [2.45, 2.75) is 38.1 Å². The molecule has 1 aliphatic heterocycles. The number of rotatable bonds is 9. The van der Waals surface area contributed by atoms with Crippen LogP contribution in [0.1, 0.15) is 23.8 Å². The highest BCUT2D eigenvalue weighted by Crippen LogP contribution is 2.44. The minimum atomic E-state index is -4.42. The van der Waals surface area contributed by atoms with E-state index >= 15 is 0 Å². The molecule has 3 aromatic rings. The molecule has 0 bridgehead atoms. The number of aromatic nitrogens is 2. The van der Waals surface area contributed by atoms with Crippen LogP contribution < -0.4 is 11.2 Å². The van der Waals surface area contributed by atoms with Crippen molar-refractivity contribution in [2.24, 2.45) is 5.11 Å². The summed E-state index contributed by atoms with van der Waals surface area (Å²) in [6, 6.07) is 13.0. The lowest BCUT2D eigenvalue weighted by atomic mass is 10.1. The summed E-state index contributed by atoms with van der Waals surface area (Å²) in [5.41, 5.74) is 8.91. The summed E-state index contributed by atoms with van der Waals surface area (Å²) in [4.78, 5) is 38.8. The van der Waals surface area contributed by atoms with Crippen molar-refractivity contribution in [3.63, 3.8) is 0 Å². The van der Waals surface area contributed by atoms with Crippen LogP contribution in [0.3, 0.4) is 0 Å². The number of phosphoric acid groups is 1. The topological polar surface area (TPSA) is 169 Å². The van der Waals surface area contributed by atoms with Gasteiger partial charge in [0.1, 0.15) is 6.23 Å². The number of nitrogens with zero attached hydrogens (tertiary/aromatic N) is 4. The third-order valence-electron chi connectivity index (χ3n) is 5.72. The molecular formula is C22H24N5O7P. The summed E-state index contributed by atoms with van der Waals surface area (Å²) >= 11 is 0. The SMILES string of the molecule is Cc1cn([C@H]2C[C@H](N=[N+]=[N-])[C@@H](COP(=O)(O)OCCc3ccc4ccccc4c3)O2)c(=O)[nH]c1=O. The van der Waals surface area contributed by atoms with Gasteiger partial charge < -0.3 is 9.63 Å². The van der Waals surface area contributed by atoms with Crippen molar-refractivity contribution in [3.05, 3.63) is 91.1 Å². The second-order valence-electron chi connectivity index (χ2n) is 8.14. The number of azide groups is 1. The number of nitrogens with one attached hydrogen (secondary N) is 1. The average Bonchev–Trinajstić information content (AvgIpc) is 3.23. The van der Waals surface area contributed by atoms with E-state index in [0.717, 1.165) is 16.3 Å². The van der Waals surface area contributed by atoms with E-state index in [4.69, 9.17) is 19.3 Å². The van der Waals surface area contributed by atoms with E-state index in [1.165, 1.54) is 17.7 Å². The molecule has 2 aromatic carbocycles. The van der Waals surface area contributed by atoms with Crippen molar-refractivity contribution < 1.29 is 23.2 Å². The van der Waals surface area contributed by atoms with Crippen LogP contribution in [0.15, 0.2) is 63.4 Å². The zero-order chi connectivity index (χ0) is 25.0. The molecule has 35 heavy (non-hydrogen) atoms.